The van der Waals surface area contributed by atoms with Gasteiger partial charge in [-0.1, -0.05) is 11.6 Å². The number of aromatic nitrogens is 1. The van der Waals surface area contributed by atoms with Crippen LogP contribution in [0.2, 0.25) is 5.02 Å². The molecule has 1 saturated heterocycles. The molecule has 2 rings (SSSR count). The maximum atomic E-state index is 11.5. The standard InChI is InChI=1S/C15H25ClN4O2S/c1-4-17-15(18-8-12-5-6-23(21,22)11-12)20(3)10-14-7-13(16)9-19(14)2/h7,9,12H,4-6,8,10-11H2,1-3H3,(H,17,18). The number of aliphatic imine (C=N–C) groups is 1. The summed E-state index contributed by atoms with van der Waals surface area (Å²) in [5.74, 6) is 1.47. The Morgan fingerprint density at radius 1 is 1.57 bits per heavy atom. The first-order chi connectivity index (χ1) is 10.8. The van der Waals surface area contributed by atoms with Crippen LogP contribution in [0.4, 0.5) is 0 Å². The first-order valence-corrected chi connectivity index (χ1v) is 10.0. The van der Waals surface area contributed by atoms with Crippen LogP contribution in [-0.4, -0.2) is 55.5 Å². The zero-order chi connectivity index (χ0) is 17.0. The van der Waals surface area contributed by atoms with Gasteiger partial charge in [0.2, 0.25) is 0 Å². The molecule has 0 saturated carbocycles. The third kappa shape index (κ3) is 5.14. The van der Waals surface area contributed by atoms with Gasteiger partial charge in [-0.05, 0) is 25.3 Å². The van der Waals surface area contributed by atoms with E-state index in [-0.39, 0.29) is 11.7 Å². The Bertz CT molecular complexity index is 669. The average Bonchev–Trinajstić information content (AvgIpc) is 2.96. The highest BCUT2D eigenvalue weighted by atomic mass is 35.5. The Morgan fingerprint density at radius 3 is 2.83 bits per heavy atom. The van der Waals surface area contributed by atoms with E-state index in [4.69, 9.17) is 11.6 Å². The van der Waals surface area contributed by atoms with Gasteiger partial charge in [0.05, 0.1) is 23.1 Å². The van der Waals surface area contributed by atoms with Crippen molar-refractivity contribution in [3.05, 3.63) is 23.0 Å². The number of guanidine groups is 1. The molecule has 0 aliphatic carbocycles. The molecule has 1 aromatic heterocycles. The van der Waals surface area contributed by atoms with Gasteiger partial charge < -0.3 is 14.8 Å². The highest BCUT2D eigenvalue weighted by molar-refractivity contribution is 7.91. The van der Waals surface area contributed by atoms with Gasteiger partial charge in [0.25, 0.3) is 0 Å². The maximum Gasteiger partial charge on any atom is 0.194 e. The Labute approximate surface area is 143 Å². The highest BCUT2D eigenvalue weighted by Crippen LogP contribution is 2.19. The second-order valence-electron chi connectivity index (χ2n) is 6.08. The van der Waals surface area contributed by atoms with E-state index in [1.54, 1.807) is 0 Å². The molecule has 1 atom stereocenters. The van der Waals surface area contributed by atoms with Crippen LogP contribution in [0.3, 0.4) is 0 Å². The number of halogens is 1. The lowest BCUT2D eigenvalue weighted by atomic mass is 10.1. The summed E-state index contributed by atoms with van der Waals surface area (Å²) in [5, 5.41) is 3.97. The van der Waals surface area contributed by atoms with Crippen molar-refractivity contribution in [2.24, 2.45) is 18.0 Å². The molecule has 0 aromatic carbocycles. The fraction of sp³-hybridized carbons (Fsp3) is 0.667. The predicted molar refractivity (Wildman–Crippen MR) is 94.6 cm³/mol. The SMILES string of the molecule is CCNC(=NCC1CCS(=O)(=O)C1)N(C)Cc1cc(Cl)cn1C. The zero-order valence-electron chi connectivity index (χ0n) is 13.9. The lowest BCUT2D eigenvalue weighted by molar-refractivity contribution is 0.458. The molecule has 0 amide bonds. The molecule has 130 valence electrons. The zero-order valence-corrected chi connectivity index (χ0v) is 15.5. The first kappa shape index (κ1) is 18.1. The lowest BCUT2D eigenvalue weighted by Crippen LogP contribution is -2.39. The van der Waals surface area contributed by atoms with E-state index >= 15 is 0 Å². The summed E-state index contributed by atoms with van der Waals surface area (Å²) in [7, 11) is 1.08. The van der Waals surface area contributed by atoms with E-state index < -0.39 is 9.84 Å². The monoisotopic (exact) mass is 360 g/mol. The molecule has 1 N–H and O–H groups in total. The number of sulfone groups is 1. The molecule has 0 spiro atoms. The number of nitrogens with zero attached hydrogens (tertiary/aromatic N) is 3. The fourth-order valence-corrected chi connectivity index (χ4v) is 4.86. The number of nitrogens with one attached hydrogen (secondary N) is 1. The molecule has 1 aliphatic rings. The maximum absolute atomic E-state index is 11.5. The molecule has 8 heteroatoms. The molecule has 0 radical (unpaired) electrons. The summed E-state index contributed by atoms with van der Waals surface area (Å²) >= 11 is 6.02. The largest absolute Gasteiger partial charge is 0.357 e. The minimum absolute atomic E-state index is 0.131. The summed E-state index contributed by atoms with van der Waals surface area (Å²) in [5.41, 5.74) is 1.09. The van der Waals surface area contributed by atoms with Crippen LogP contribution in [-0.2, 0) is 23.4 Å². The van der Waals surface area contributed by atoms with Gasteiger partial charge in [0.1, 0.15) is 0 Å². The van der Waals surface area contributed by atoms with Crippen LogP contribution >= 0.6 is 11.6 Å². The lowest BCUT2D eigenvalue weighted by Gasteiger charge is -2.22. The summed E-state index contributed by atoms with van der Waals surface area (Å²) in [6.07, 6.45) is 2.58. The van der Waals surface area contributed by atoms with Gasteiger partial charge in [-0.25, -0.2) is 8.42 Å². The Hall–Kier alpha value is -1.21. The molecular formula is C15H25ClN4O2S. The van der Waals surface area contributed by atoms with Crippen LogP contribution in [0.5, 0.6) is 0 Å². The van der Waals surface area contributed by atoms with Crippen molar-refractivity contribution < 1.29 is 8.42 Å². The normalized spacial score (nSPS) is 20.7. The van der Waals surface area contributed by atoms with Crippen LogP contribution in [0.1, 0.15) is 19.0 Å². The van der Waals surface area contributed by atoms with E-state index in [0.29, 0.717) is 30.3 Å². The van der Waals surface area contributed by atoms with Gasteiger partial charge in [-0.2, -0.15) is 0 Å². The third-order valence-corrected chi connectivity index (χ3v) is 6.04. The number of aryl methyl sites for hydroxylation is 1. The van der Waals surface area contributed by atoms with Crippen LogP contribution in [0, 0.1) is 5.92 Å². The molecule has 1 aliphatic heterocycles. The molecule has 1 fully saturated rings. The van der Waals surface area contributed by atoms with Crippen molar-refractivity contribution in [1.29, 1.82) is 0 Å². The second kappa shape index (κ2) is 7.57. The van der Waals surface area contributed by atoms with Gasteiger partial charge in [0, 0.05) is 39.1 Å². The van der Waals surface area contributed by atoms with Crippen molar-refractivity contribution in [2.45, 2.75) is 19.9 Å². The van der Waals surface area contributed by atoms with Gasteiger partial charge in [-0.15, -0.1) is 0 Å². The Balaban J connectivity index is 2.01. The molecule has 23 heavy (non-hydrogen) atoms. The molecule has 0 bridgehead atoms. The van der Waals surface area contributed by atoms with Crippen molar-refractivity contribution in [3.63, 3.8) is 0 Å². The van der Waals surface area contributed by atoms with Crippen molar-refractivity contribution in [1.82, 2.24) is 14.8 Å². The summed E-state index contributed by atoms with van der Waals surface area (Å²) in [6, 6.07) is 1.94. The van der Waals surface area contributed by atoms with Crippen molar-refractivity contribution in [2.75, 3.05) is 31.6 Å². The van der Waals surface area contributed by atoms with E-state index in [1.807, 2.05) is 42.7 Å². The fourth-order valence-electron chi connectivity index (χ4n) is 2.74. The molecule has 1 aromatic rings. The smallest absolute Gasteiger partial charge is 0.194 e. The summed E-state index contributed by atoms with van der Waals surface area (Å²) < 4.78 is 25.1. The van der Waals surface area contributed by atoms with E-state index in [9.17, 15) is 8.42 Å². The van der Waals surface area contributed by atoms with E-state index in [1.165, 1.54) is 0 Å². The number of hydrogen-bond acceptors (Lipinski definition) is 3. The predicted octanol–water partition coefficient (Wildman–Crippen LogP) is 1.51. The van der Waals surface area contributed by atoms with E-state index in [0.717, 1.165) is 18.2 Å². The minimum atomic E-state index is -2.85. The topological polar surface area (TPSA) is 66.7 Å². The Morgan fingerprint density at radius 2 is 2.30 bits per heavy atom. The number of hydrogen-bond donors (Lipinski definition) is 1. The quantitative estimate of drug-likeness (QED) is 0.638. The first-order valence-electron chi connectivity index (χ1n) is 7.81. The number of rotatable bonds is 5. The van der Waals surface area contributed by atoms with Crippen molar-refractivity contribution in [3.8, 4) is 0 Å². The molecular weight excluding hydrogens is 336 g/mol. The van der Waals surface area contributed by atoms with E-state index in [2.05, 4.69) is 10.3 Å². The van der Waals surface area contributed by atoms with Gasteiger partial charge >= 0.3 is 0 Å². The van der Waals surface area contributed by atoms with Crippen molar-refractivity contribution >= 4 is 27.4 Å². The average molecular weight is 361 g/mol. The molecule has 2 heterocycles. The van der Waals surface area contributed by atoms with Crippen LogP contribution in [0.25, 0.3) is 0 Å². The highest BCUT2D eigenvalue weighted by Gasteiger charge is 2.27. The minimum Gasteiger partial charge on any atom is -0.357 e. The third-order valence-electron chi connectivity index (χ3n) is 4.00. The van der Waals surface area contributed by atoms with Crippen LogP contribution < -0.4 is 5.32 Å². The summed E-state index contributed by atoms with van der Waals surface area (Å²) in [6.45, 7) is 4.00. The van der Waals surface area contributed by atoms with Crippen LogP contribution in [0.15, 0.2) is 17.3 Å². The molecule has 6 nitrogen and oxygen atoms in total. The second-order valence-corrected chi connectivity index (χ2v) is 8.75. The molecule has 1 unspecified atom stereocenters. The van der Waals surface area contributed by atoms with Gasteiger partial charge in [0.15, 0.2) is 15.8 Å². The Kier molecular flexibility index (Phi) is 5.97. The summed E-state index contributed by atoms with van der Waals surface area (Å²) in [4.78, 5) is 6.64. The van der Waals surface area contributed by atoms with Gasteiger partial charge in [-0.3, -0.25) is 4.99 Å².